The van der Waals surface area contributed by atoms with Gasteiger partial charge in [0.1, 0.15) is 5.58 Å². The summed E-state index contributed by atoms with van der Waals surface area (Å²) >= 11 is 3.41. The molecule has 0 aliphatic carbocycles. The van der Waals surface area contributed by atoms with Gasteiger partial charge in [0.15, 0.2) is 0 Å². The molecular weight excluding hydrogens is 320 g/mol. The summed E-state index contributed by atoms with van der Waals surface area (Å²) in [6, 6.07) is 7.93. The molecule has 20 heavy (non-hydrogen) atoms. The summed E-state index contributed by atoms with van der Waals surface area (Å²) in [4.78, 5) is 14.1. The second-order valence-corrected chi connectivity index (χ2v) is 6.24. The topological polar surface area (TPSA) is 45.5 Å². The van der Waals surface area contributed by atoms with Crippen LogP contribution in [-0.2, 0) is 6.54 Å². The van der Waals surface area contributed by atoms with Crippen molar-refractivity contribution in [3.63, 3.8) is 0 Å². The first-order valence-electron chi connectivity index (χ1n) is 6.80. The van der Waals surface area contributed by atoms with Crippen LogP contribution in [0.1, 0.15) is 12.5 Å². The van der Waals surface area contributed by atoms with Gasteiger partial charge in [0, 0.05) is 48.1 Å². The first-order chi connectivity index (χ1) is 9.61. The van der Waals surface area contributed by atoms with Gasteiger partial charge in [0.25, 0.3) is 0 Å². The Kier molecular flexibility index (Phi) is 3.92. The van der Waals surface area contributed by atoms with Gasteiger partial charge >= 0.3 is 5.63 Å². The highest BCUT2D eigenvalue weighted by Crippen LogP contribution is 2.22. The number of fused-ring (bicyclic) bond motifs is 1. The maximum atomic E-state index is 11.7. The molecule has 0 unspecified atom stereocenters. The summed E-state index contributed by atoms with van der Waals surface area (Å²) in [6.07, 6.45) is 0. The molecule has 1 N–H and O–H groups in total. The predicted octanol–water partition coefficient (Wildman–Crippen LogP) is 2.35. The van der Waals surface area contributed by atoms with Gasteiger partial charge in [-0.1, -0.05) is 15.9 Å². The molecule has 106 valence electrons. The van der Waals surface area contributed by atoms with E-state index in [2.05, 4.69) is 33.1 Å². The molecule has 1 aromatic carbocycles. The van der Waals surface area contributed by atoms with Gasteiger partial charge in [-0.25, -0.2) is 4.79 Å². The number of nitrogens with one attached hydrogen (secondary N) is 1. The highest BCUT2D eigenvalue weighted by atomic mass is 79.9. The summed E-state index contributed by atoms with van der Waals surface area (Å²) < 4.78 is 6.19. The molecular formula is C15H17BrN2O2. The highest BCUT2D eigenvalue weighted by Gasteiger charge is 2.17. The Morgan fingerprint density at radius 3 is 3.10 bits per heavy atom. The number of benzene rings is 1. The quantitative estimate of drug-likeness (QED) is 0.855. The molecule has 0 radical (unpaired) electrons. The zero-order chi connectivity index (χ0) is 14.1. The summed E-state index contributed by atoms with van der Waals surface area (Å²) in [5.41, 5.74) is 1.40. The van der Waals surface area contributed by atoms with E-state index in [-0.39, 0.29) is 5.63 Å². The van der Waals surface area contributed by atoms with E-state index in [1.54, 1.807) is 6.07 Å². The monoisotopic (exact) mass is 336 g/mol. The number of hydrogen-bond donors (Lipinski definition) is 1. The summed E-state index contributed by atoms with van der Waals surface area (Å²) in [6.45, 7) is 5.96. The molecule has 4 nitrogen and oxygen atoms in total. The third kappa shape index (κ3) is 2.95. The third-order valence-electron chi connectivity index (χ3n) is 3.64. The Bertz CT molecular complexity index is 683. The average molecular weight is 337 g/mol. The maximum Gasteiger partial charge on any atom is 0.336 e. The van der Waals surface area contributed by atoms with Crippen molar-refractivity contribution in [2.75, 3.05) is 19.6 Å². The molecule has 0 saturated carbocycles. The lowest BCUT2D eigenvalue weighted by Crippen LogP contribution is -2.48. The first kappa shape index (κ1) is 13.8. The Morgan fingerprint density at radius 2 is 2.30 bits per heavy atom. The van der Waals surface area contributed by atoms with Crippen molar-refractivity contribution < 1.29 is 4.42 Å². The van der Waals surface area contributed by atoms with Crippen molar-refractivity contribution in [1.29, 1.82) is 0 Å². The SMILES string of the molecule is C[C@@H]1CN(Cc2cc(=O)oc3cc(Br)ccc23)CCN1. The van der Waals surface area contributed by atoms with Gasteiger partial charge in [-0.2, -0.15) is 0 Å². The summed E-state index contributed by atoms with van der Waals surface area (Å²) in [5.74, 6) is 0. The lowest BCUT2D eigenvalue weighted by atomic mass is 10.1. The summed E-state index contributed by atoms with van der Waals surface area (Å²) in [7, 11) is 0. The van der Waals surface area contributed by atoms with E-state index >= 15 is 0 Å². The predicted molar refractivity (Wildman–Crippen MR) is 82.9 cm³/mol. The zero-order valence-corrected chi connectivity index (χ0v) is 12.9. The van der Waals surface area contributed by atoms with E-state index < -0.39 is 0 Å². The fraction of sp³-hybridized carbons (Fsp3) is 0.400. The zero-order valence-electron chi connectivity index (χ0n) is 11.4. The molecule has 1 aliphatic rings. The smallest absolute Gasteiger partial charge is 0.336 e. The molecule has 0 amide bonds. The fourth-order valence-electron chi connectivity index (χ4n) is 2.73. The van der Waals surface area contributed by atoms with E-state index in [9.17, 15) is 4.79 Å². The largest absolute Gasteiger partial charge is 0.423 e. The van der Waals surface area contributed by atoms with Crippen LogP contribution in [0.4, 0.5) is 0 Å². The minimum Gasteiger partial charge on any atom is -0.423 e. The molecule has 0 bridgehead atoms. The van der Waals surface area contributed by atoms with Crippen molar-refractivity contribution in [2.24, 2.45) is 0 Å². The van der Waals surface area contributed by atoms with Crippen molar-refractivity contribution in [2.45, 2.75) is 19.5 Å². The lowest BCUT2D eigenvalue weighted by Gasteiger charge is -2.31. The Morgan fingerprint density at radius 1 is 1.45 bits per heavy atom. The van der Waals surface area contributed by atoms with Crippen molar-refractivity contribution in [3.05, 3.63) is 44.7 Å². The van der Waals surface area contributed by atoms with Crippen molar-refractivity contribution in [1.82, 2.24) is 10.2 Å². The molecule has 5 heteroatoms. The molecule has 3 rings (SSSR count). The standard InChI is InChI=1S/C15H17BrN2O2/c1-10-8-18(5-4-17-10)9-11-6-15(19)20-14-7-12(16)2-3-13(11)14/h2-3,6-7,10,17H,4-5,8-9H2,1H3/t10-/m1/s1. The minimum absolute atomic E-state index is 0.284. The van der Waals surface area contributed by atoms with Crippen molar-refractivity contribution in [3.8, 4) is 0 Å². The van der Waals surface area contributed by atoms with E-state index in [0.717, 1.165) is 41.6 Å². The number of hydrogen-bond acceptors (Lipinski definition) is 4. The molecule has 2 heterocycles. The van der Waals surface area contributed by atoms with Crippen molar-refractivity contribution >= 4 is 26.9 Å². The van der Waals surface area contributed by atoms with Crippen LogP contribution in [0.2, 0.25) is 0 Å². The minimum atomic E-state index is -0.284. The molecule has 1 aliphatic heterocycles. The van der Waals surface area contributed by atoms with Crippen LogP contribution in [0.15, 0.2) is 37.9 Å². The molecule has 1 saturated heterocycles. The van der Waals surface area contributed by atoms with Crippen LogP contribution in [-0.4, -0.2) is 30.6 Å². The van der Waals surface area contributed by atoms with Crippen LogP contribution in [0.5, 0.6) is 0 Å². The molecule has 0 spiro atoms. The molecule has 1 aromatic heterocycles. The number of piperazine rings is 1. The fourth-order valence-corrected chi connectivity index (χ4v) is 3.07. The first-order valence-corrected chi connectivity index (χ1v) is 7.59. The molecule has 1 atom stereocenters. The normalized spacial score (nSPS) is 20.4. The van der Waals surface area contributed by atoms with Gasteiger partial charge in [-0.3, -0.25) is 4.90 Å². The van der Waals surface area contributed by atoms with Gasteiger partial charge in [-0.15, -0.1) is 0 Å². The Hall–Kier alpha value is -1.17. The van der Waals surface area contributed by atoms with Crippen LogP contribution in [0.3, 0.4) is 0 Å². The number of rotatable bonds is 2. The summed E-state index contributed by atoms with van der Waals surface area (Å²) in [5, 5.41) is 4.44. The molecule has 2 aromatic rings. The number of nitrogens with zero attached hydrogens (tertiary/aromatic N) is 1. The van der Waals surface area contributed by atoms with Crippen LogP contribution < -0.4 is 10.9 Å². The van der Waals surface area contributed by atoms with E-state index in [4.69, 9.17) is 4.42 Å². The highest BCUT2D eigenvalue weighted by molar-refractivity contribution is 9.10. The van der Waals surface area contributed by atoms with E-state index in [0.29, 0.717) is 11.6 Å². The third-order valence-corrected chi connectivity index (χ3v) is 4.13. The van der Waals surface area contributed by atoms with E-state index in [1.165, 1.54) is 0 Å². The van der Waals surface area contributed by atoms with Crippen LogP contribution >= 0.6 is 15.9 Å². The maximum absolute atomic E-state index is 11.7. The lowest BCUT2D eigenvalue weighted by molar-refractivity contribution is 0.200. The van der Waals surface area contributed by atoms with Crippen LogP contribution in [0.25, 0.3) is 11.0 Å². The van der Waals surface area contributed by atoms with Crippen LogP contribution in [0, 0.1) is 0 Å². The average Bonchev–Trinajstić information content (AvgIpc) is 2.37. The molecule has 1 fully saturated rings. The Balaban J connectivity index is 1.96. The second kappa shape index (κ2) is 5.68. The van der Waals surface area contributed by atoms with E-state index in [1.807, 2.05) is 18.2 Å². The van der Waals surface area contributed by atoms with Gasteiger partial charge in [0.2, 0.25) is 0 Å². The van der Waals surface area contributed by atoms with Gasteiger partial charge in [-0.05, 0) is 30.7 Å². The number of halogens is 1. The van der Waals surface area contributed by atoms with Gasteiger partial charge in [0.05, 0.1) is 0 Å². The second-order valence-electron chi connectivity index (χ2n) is 5.32. The Labute approximate surface area is 125 Å². The van der Waals surface area contributed by atoms with Gasteiger partial charge < -0.3 is 9.73 Å².